The van der Waals surface area contributed by atoms with Gasteiger partial charge in [-0.25, -0.2) is 13.2 Å². The number of hydrogen-bond acceptors (Lipinski definition) is 7. The van der Waals surface area contributed by atoms with E-state index in [-0.39, 0.29) is 11.3 Å². The number of benzene rings is 3. The Kier molecular flexibility index (Phi) is 12.5. The number of aliphatic carboxylic acids is 1. The third-order valence-corrected chi connectivity index (χ3v) is 9.55. The van der Waals surface area contributed by atoms with Crippen molar-refractivity contribution < 1.29 is 32.6 Å². The van der Waals surface area contributed by atoms with Gasteiger partial charge in [0, 0.05) is 23.7 Å². The van der Waals surface area contributed by atoms with Gasteiger partial charge in [0.25, 0.3) is 0 Å². The molecule has 0 radical (unpaired) electrons. The smallest absolute Gasteiger partial charge is 0.407 e. The zero-order valence-corrected chi connectivity index (χ0v) is 26.7. The molecule has 3 rings (SSSR count). The topological polar surface area (TPSA) is 168 Å². The van der Waals surface area contributed by atoms with Gasteiger partial charge < -0.3 is 26.2 Å². The minimum Gasteiger partial charge on any atom is -0.480 e. The van der Waals surface area contributed by atoms with E-state index in [1.807, 2.05) is 60.7 Å². The second kappa shape index (κ2) is 16.1. The summed E-state index contributed by atoms with van der Waals surface area (Å²) in [6.07, 6.45) is -0.0904. The van der Waals surface area contributed by atoms with Crippen LogP contribution in [0.15, 0.2) is 89.8 Å². The van der Waals surface area contributed by atoms with Gasteiger partial charge in [-0.1, -0.05) is 60.7 Å². The van der Waals surface area contributed by atoms with E-state index in [1.165, 1.54) is 31.4 Å². The lowest BCUT2D eigenvalue weighted by Gasteiger charge is -2.32. The number of hydrogen-bond donors (Lipinski definition) is 4. The quantitative estimate of drug-likeness (QED) is 0.178. The van der Waals surface area contributed by atoms with Crippen molar-refractivity contribution in [1.82, 2.24) is 14.9 Å². The van der Waals surface area contributed by atoms with E-state index in [0.717, 1.165) is 15.4 Å². The fourth-order valence-electron chi connectivity index (χ4n) is 5.33. The molecule has 12 heteroatoms. The van der Waals surface area contributed by atoms with Crippen LogP contribution in [0.4, 0.5) is 10.5 Å². The molecule has 0 aliphatic carbocycles. The molecule has 0 bridgehead atoms. The molecule has 5 N–H and O–H groups in total. The number of nitrogens with two attached hydrogens (primary N) is 1. The summed E-state index contributed by atoms with van der Waals surface area (Å²) in [4.78, 5) is 38.4. The molecule has 0 aromatic heterocycles. The van der Waals surface area contributed by atoms with Crippen molar-refractivity contribution in [3.8, 4) is 0 Å². The predicted molar refractivity (Wildman–Crippen MR) is 172 cm³/mol. The van der Waals surface area contributed by atoms with E-state index in [2.05, 4.69) is 10.6 Å². The number of nitrogen functional groups attached to an aromatic ring is 1. The number of anilines is 1. The number of carbonyl (C=O) groups excluding carboxylic acids is 2. The summed E-state index contributed by atoms with van der Waals surface area (Å²) >= 11 is 0. The molecule has 11 nitrogen and oxygen atoms in total. The van der Waals surface area contributed by atoms with E-state index in [1.54, 1.807) is 20.8 Å². The highest BCUT2D eigenvalue weighted by atomic mass is 32.2. The van der Waals surface area contributed by atoms with Crippen LogP contribution in [0.3, 0.4) is 0 Å². The summed E-state index contributed by atoms with van der Waals surface area (Å²) in [7, 11) is -2.92. The van der Waals surface area contributed by atoms with Crippen LogP contribution in [0, 0.1) is 0 Å². The Labute approximate surface area is 264 Å². The molecule has 45 heavy (non-hydrogen) atoms. The lowest BCUT2D eigenvalue weighted by Crippen LogP contribution is -2.52. The first-order chi connectivity index (χ1) is 21.4. The Hall–Kier alpha value is -4.42. The second-order valence-electron chi connectivity index (χ2n) is 11.1. The van der Waals surface area contributed by atoms with E-state index < -0.39 is 58.1 Å². The third-order valence-electron chi connectivity index (χ3n) is 7.45. The molecule has 2 amide bonds. The van der Waals surface area contributed by atoms with Crippen LogP contribution in [0.2, 0.25) is 0 Å². The van der Waals surface area contributed by atoms with Crippen molar-refractivity contribution in [1.29, 1.82) is 0 Å². The minimum absolute atomic E-state index is 0.0163. The number of carboxylic acid groups (broad SMARTS) is 1. The van der Waals surface area contributed by atoms with Gasteiger partial charge in [0.05, 0.1) is 12.0 Å². The van der Waals surface area contributed by atoms with Crippen molar-refractivity contribution in [2.24, 2.45) is 0 Å². The molecule has 0 aliphatic heterocycles. The fourth-order valence-corrected chi connectivity index (χ4v) is 7.14. The highest BCUT2D eigenvalue weighted by molar-refractivity contribution is 7.89. The number of nitrogens with zero attached hydrogens (tertiary/aromatic N) is 1. The van der Waals surface area contributed by atoms with Crippen LogP contribution in [-0.2, 0) is 24.3 Å². The van der Waals surface area contributed by atoms with Gasteiger partial charge in [0.15, 0.2) is 0 Å². The summed E-state index contributed by atoms with van der Waals surface area (Å²) < 4.78 is 32.8. The Bertz CT molecular complexity index is 1480. The standard InChI is InChI=1S/C33H42N4O7S/c1-22(2)37(45(42,43)27-20-18-26(34)19-21-27)28(32(39)40)17-11-12-23(3)35-31(38)30(36-33(41)44-4)29(24-13-7-5-8-14-24)25-15-9-6-10-16-25/h5-10,13-16,18-23,28-30H,11-12,17,34H2,1-4H3,(H,35,38)(H,36,41)(H,39,40)/t23-,28-,30-/m0/s1. The maximum atomic E-state index is 13.7. The van der Waals surface area contributed by atoms with Crippen LogP contribution in [-0.4, -0.2) is 67.1 Å². The van der Waals surface area contributed by atoms with Crippen molar-refractivity contribution in [3.63, 3.8) is 0 Å². The van der Waals surface area contributed by atoms with Gasteiger partial charge in [0.1, 0.15) is 12.1 Å². The first-order valence-corrected chi connectivity index (χ1v) is 16.2. The molecule has 3 aromatic rings. The summed E-state index contributed by atoms with van der Waals surface area (Å²) in [5.74, 6) is -2.25. The van der Waals surface area contributed by atoms with Crippen LogP contribution in [0.5, 0.6) is 0 Å². The summed E-state index contributed by atoms with van der Waals surface area (Å²) in [5.41, 5.74) is 7.72. The molecule has 0 saturated carbocycles. The molecule has 3 aromatic carbocycles. The number of carboxylic acids is 1. The van der Waals surface area contributed by atoms with Gasteiger partial charge in [-0.15, -0.1) is 0 Å². The number of nitrogens with one attached hydrogen (secondary N) is 2. The fraction of sp³-hybridized carbons (Fsp3) is 0.364. The number of rotatable bonds is 15. The SMILES string of the molecule is COC(=O)N[C@H](C(=O)N[C@@H](C)CCC[C@@H](C(=O)O)N(C(C)C)S(=O)(=O)c1ccc(N)cc1)C(c1ccccc1)c1ccccc1. The number of amides is 2. The predicted octanol–water partition coefficient (Wildman–Crippen LogP) is 4.35. The summed E-state index contributed by atoms with van der Waals surface area (Å²) in [6, 6.07) is 20.9. The van der Waals surface area contributed by atoms with Crippen molar-refractivity contribution >= 4 is 33.7 Å². The van der Waals surface area contributed by atoms with Gasteiger partial charge in [-0.3, -0.25) is 9.59 Å². The Morgan fingerprint density at radius 3 is 1.84 bits per heavy atom. The van der Waals surface area contributed by atoms with Crippen molar-refractivity contribution in [2.75, 3.05) is 12.8 Å². The lowest BCUT2D eigenvalue weighted by atomic mass is 9.84. The number of carbonyl (C=O) groups is 3. The normalized spacial score (nSPS) is 13.7. The molecular formula is C33H42N4O7S. The molecule has 0 aliphatic rings. The molecule has 0 unspecified atom stereocenters. The molecule has 0 heterocycles. The van der Waals surface area contributed by atoms with E-state index in [9.17, 15) is 27.9 Å². The van der Waals surface area contributed by atoms with E-state index in [0.29, 0.717) is 18.5 Å². The second-order valence-corrected chi connectivity index (χ2v) is 12.9. The molecular weight excluding hydrogens is 596 g/mol. The maximum Gasteiger partial charge on any atom is 0.407 e. The summed E-state index contributed by atoms with van der Waals surface area (Å²) in [5, 5.41) is 15.7. The Balaban J connectivity index is 1.77. The van der Waals surface area contributed by atoms with E-state index >= 15 is 0 Å². The van der Waals surface area contributed by atoms with Gasteiger partial charge in [-0.2, -0.15) is 4.31 Å². The molecule has 3 atom stereocenters. The monoisotopic (exact) mass is 638 g/mol. The van der Waals surface area contributed by atoms with Crippen LogP contribution in [0.1, 0.15) is 57.1 Å². The van der Waals surface area contributed by atoms with Crippen LogP contribution >= 0.6 is 0 Å². The lowest BCUT2D eigenvalue weighted by molar-refractivity contribution is -0.142. The number of methoxy groups -OCH3 is 1. The van der Waals surface area contributed by atoms with Gasteiger partial charge in [-0.05, 0) is 75.4 Å². The zero-order chi connectivity index (χ0) is 33.1. The third kappa shape index (κ3) is 9.29. The highest BCUT2D eigenvalue weighted by Gasteiger charge is 2.38. The number of ether oxygens (including phenoxy) is 1. The first-order valence-electron chi connectivity index (χ1n) is 14.7. The number of sulfonamides is 1. The van der Waals surface area contributed by atoms with Crippen LogP contribution < -0.4 is 16.4 Å². The Morgan fingerprint density at radius 2 is 1.38 bits per heavy atom. The summed E-state index contributed by atoms with van der Waals surface area (Å²) in [6.45, 7) is 5.02. The number of alkyl carbamates (subject to hydrolysis) is 1. The zero-order valence-electron chi connectivity index (χ0n) is 25.9. The van der Waals surface area contributed by atoms with Crippen molar-refractivity contribution in [3.05, 3.63) is 96.1 Å². The van der Waals surface area contributed by atoms with Crippen molar-refractivity contribution in [2.45, 2.75) is 75.0 Å². The first kappa shape index (κ1) is 35.1. The Morgan fingerprint density at radius 1 is 0.844 bits per heavy atom. The maximum absolute atomic E-state index is 13.7. The average molecular weight is 639 g/mol. The largest absolute Gasteiger partial charge is 0.480 e. The van der Waals surface area contributed by atoms with E-state index in [4.69, 9.17) is 10.5 Å². The molecule has 0 fully saturated rings. The molecule has 0 saturated heterocycles. The van der Waals surface area contributed by atoms with Gasteiger partial charge >= 0.3 is 12.1 Å². The molecule has 242 valence electrons. The van der Waals surface area contributed by atoms with Crippen LogP contribution in [0.25, 0.3) is 0 Å². The average Bonchev–Trinajstić information content (AvgIpc) is 3.01. The van der Waals surface area contributed by atoms with Gasteiger partial charge in [0.2, 0.25) is 15.9 Å². The molecule has 0 spiro atoms. The minimum atomic E-state index is -4.14. The highest BCUT2D eigenvalue weighted by Crippen LogP contribution is 2.29.